The van der Waals surface area contributed by atoms with Crippen molar-refractivity contribution in [1.29, 1.82) is 0 Å². The standard InChI is InChI=1S/C20H23N3O/c1-13-17-6-8-21-11-14(17)9-19(13)18-4-3-15(10-20(18)24-2)23-16-5-7-22-12-16/h3-4,6,8,10-11,16,22-23H,5,7,9,12H2,1-2H3. The number of pyridine rings is 1. The Bertz CT molecular complexity index is 791. The average Bonchev–Trinajstić information content (AvgIpc) is 3.23. The normalized spacial score (nSPS) is 19.5. The highest BCUT2D eigenvalue weighted by Crippen LogP contribution is 2.41. The van der Waals surface area contributed by atoms with Crippen molar-refractivity contribution in [3.8, 4) is 5.75 Å². The highest BCUT2D eigenvalue weighted by molar-refractivity contribution is 5.97. The van der Waals surface area contributed by atoms with Crippen LogP contribution in [0, 0.1) is 0 Å². The molecule has 2 N–H and O–H groups in total. The number of hydrogen-bond acceptors (Lipinski definition) is 4. The number of fused-ring (bicyclic) bond motifs is 1. The van der Waals surface area contributed by atoms with E-state index in [4.69, 9.17) is 4.74 Å². The highest BCUT2D eigenvalue weighted by Gasteiger charge is 2.22. The second-order valence-corrected chi connectivity index (χ2v) is 6.56. The van der Waals surface area contributed by atoms with Crippen LogP contribution in [0.25, 0.3) is 11.1 Å². The highest BCUT2D eigenvalue weighted by atomic mass is 16.5. The summed E-state index contributed by atoms with van der Waals surface area (Å²) in [5.74, 6) is 0.932. The Hall–Kier alpha value is -2.33. The molecule has 4 heteroatoms. The predicted molar refractivity (Wildman–Crippen MR) is 98.3 cm³/mol. The first-order chi connectivity index (χ1) is 11.8. The van der Waals surface area contributed by atoms with Crippen LogP contribution in [-0.2, 0) is 6.42 Å². The fourth-order valence-corrected chi connectivity index (χ4v) is 3.76. The molecule has 1 aliphatic heterocycles. The van der Waals surface area contributed by atoms with Gasteiger partial charge in [0.1, 0.15) is 5.75 Å². The van der Waals surface area contributed by atoms with Crippen LogP contribution in [0.5, 0.6) is 5.75 Å². The summed E-state index contributed by atoms with van der Waals surface area (Å²) >= 11 is 0. The Kier molecular flexibility index (Phi) is 3.98. The smallest absolute Gasteiger partial charge is 0.128 e. The maximum atomic E-state index is 5.70. The number of aromatic nitrogens is 1. The second-order valence-electron chi connectivity index (χ2n) is 6.56. The minimum atomic E-state index is 0.503. The van der Waals surface area contributed by atoms with Crippen LogP contribution in [0.1, 0.15) is 30.0 Å². The third-order valence-electron chi connectivity index (χ3n) is 5.09. The van der Waals surface area contributed by atoms with E-state index in [1.165, 1.54) is 27.8 Å². The summed E-state index contributed by atoms with van der Waals surface area (Å²) < 4.78 is 5.70. The number of rotatable bonds is 4. The van der Waals surface area contributed by atoms with Crippen LogP contribution in [0.15, 0.2) is 36.7 Å². The third kappa shape index (κ3) is 2.67. The van der Waals surface area contributed by atoms with Gasteiger partial charge in [0.05, 0.1) is 7.11 Å². The lowest BCUT2D eigenvalue weighted by molar-refractivity contribution is 0.413. The van der Waals surface area contributed by atoms with Crippen molar-refractivity contribution in [1.82, 2.24) is 10.3 Å². The average molecular weight is 321 g/mol. The summed E-state index contributed by atoms with van der Waals surface area (Å²) in [5.41, 5.74) is 7.57. The van der Waals surface area contributed by atoms with Crippen molar-refractivity contribution in [2.45, 2.75) is 25.8 Å². The van der Waals surface area contributed by atoms with Crippen LogP contribution in [0.4, 0.5) is 5.69 Å². The zero-order valence-corrected chi connectivity index (χ0v) is 14.2. The summed E-state index contributed by atoms with van der Waals surface area (Å²) in [6, 6.07) is 9.07. The van der Waals surface area contributed by atoms with E-state index < -0.39 is 0 Å². The Morgan fingerprint density at radius 3 is 2.92 bits per heavy atom. The number of hydrogen-bond donors (Lipinski definition) is 2. The molecule has 0 amide bonds. The predicted octanol–water partition coefficient (Wildman–Crippen LogP) is 3.35. The van der Waals surface area contributed by atoms with E-state index in [-0.39, 0.29) is 0 Å². The molecule has 2 aromatic rings. The van der Waals surface area contributed by atoms with E-state index in [1.54, 1.807) is 7.11 Å². The van der Waals surface area contributed by atoms with Gasteiger partial charge in [-0.3, -0.25) is 4.98 Å². The molecule has 2 heterocycles. The number of methoxy groups -OCH3 is 1. The maximum absolute atomic E-state index is 5.70. The molecule has 0 saturated carbocycles. The van der Waals surface area contributed by atoms with Crippen molar-refractivity contribution in [2.24, 2.45) is 0 Å². The van der Waals surface area contributed by atoms with Gasteiger partial charge in [0.15, 0.2) is 0 Å². The molecule has 4 rings (SSSR count). The Balaban J connectivity index is 1.65. The molecule has 1 unspecified atom stereocenters. The van der Waals surface area contributed by atoms with Gasteiger partial charge >= 0.3 is 0 Å². The quantitative estimate of drug-likeness (QED) is 0.906. The van der Waals surface area contributed by atoms with Gasteiger partial charge in [-0.05, 0) is 60.4 Å². The van der Waals surface area contributed by atoms with Crippen LogP contribution in [0.3, 0.4) is 0 Å². The third-order valence-corrected chi connectivity index (χ3v) is 5.09. The van der Waals surface area contributed by atoms with Crippen molar-refractivity contribution in [3.05, 3.63) is 53.3 Å². The molecule has 24 heavy (non-hydrogen) atoms. The number of allylic oxidation sites excluding steroid dienone is 2. The van der Waals surface area contributed by atoms with Crippen LogP contribution in [0.2, 0.25) is 0 Å². The van der Waals surface area contributed by atoms with E-state index in [0.717, 1.165) is 37.4 Å². The molecule has 0 spiro atoms. The number of nitrogens with one attached hydrogen (secondary N) is 2. The molecule has 1 aromatic carbocycles. The molecule has 1 fully saturated rings. The van der Waals surface area contributed by atoms with Gasteiger partial charge in [-0.25, -0.2) is 0 Å². The van der Waals surface area contributed by atoms with Crippen molar-refractivity contribution < 1.29 is 4.74 Å². The van der Waals surface area contributed by atoms with E-state index in [9.17, 15) is 0 Å². The SMILES string of the molecule is COc1cc(NC2CCNC2)ccc1C1=C(C)c2ccncc2C1. The lowest BCUT2D eigenvalue weighted by Crippen LogP contribution is -2.22. The summed E-state index contributed by atoms with van der Waals surface area (Å²) in [4.78, 5) is 4.26. The van der Waals surface area contributed by atoms with Gasteiger partial charge in [-0.2, -0.15) is 0 Å². The Morgan fingerprint density at radius 2 is 2.17 bits per heavy atom. The molecule has 124 valence electrons. The fraction of sp³-hybridized carbons (Fsp3) is 0.350. The number of ether oxygens (including phenoxy) is 1. The van der Waals surface area contributed by atoms with Crippen LogP contribution >= 0.6 is 0 Å². The van der Waals surface area contributed by atoms with Gasteiger partial charge in [0.25, 0.3) is 0 Å². The maximum Gasteiger partial charge on any atom is 0.128 e. The lowest BCUT2D eigenvalue weighted by Gasteiger charge is -2.16. The molecule has 2 aliphatic rings. The number of anilines is 1. The Morgan fingerprint density at radius 1 is 1.25 bits per heavy atom. The van der Waals surface area contributed by atoms with Crippen molar-refractivity contribution in [2.75, 3.05) is 25.5 Å². The minimum Gasteiger partial charge on any atom is -0.496 e. The topological polar surface area (TPSA) is 46.2 Å². The van der Waals surface area contributed by atoms with Crippen LogP contribution in [-0.4, -0.2) is 31.2 Å². The molecule has 1 saturated heterocycles. The minimum absolute atomic E-state index is 0.503. The number of benzene rings is 1. The van der Waals surface area contributed by atoms with E-state index in [1.807, 2.05) is 12.4 Å². The number of nitrogens with zero attached hydrogens (tertiary/aromatic N) is 1. The van der Waals surface area contributed by atoms with Gasteiger partial charge in [-0.1, -0.05) is 0 Å². The lowest BCUT2D eigenvalue weighted by atomic mass is 9.99. The molecule has 1 atom stereocenters. The fourth-order valence-electron chi connectivity index (χ4n) is 3.76. The summed E-state index contributed by atoms with van der Waals surface area (Å²) in [5, 5.41) is 6.98. The first kappa shape index (κ1) is 15.2. The van der Waals surface area contributed by atoms with E-state index >= 15 is 0 Å². The summed E-state index contributed by atoms with van der Waals surface area (Å²) in [6.45, 7) is 4.30. The van der Waals surface area contributed by atoms with Crippen molar-refractivity contribution in [3.63, 3.8) is 0 Å². The first-order valence-corrected chi connectivity index (χ1v) is 8.55. The molecular formula is C20H23N3O. The largest absolute Gasteiger partial charge is 0.496 e. The van der Waals surface area contributed by atoms with Gasteiger partial charge in [0, 0.05) is 48.7 Å². The van der Waals surface area contributed by atoms with E-state index in [2.05, 4.69) is 46.8 Å². The Labute approximate surface area is 143 Å². The second kappa shape index (κ2) is 6.29. The molecule has 4 nitrogen and oxygen atoms in total. The monoisotopic (exact) mass is 321 g/mol. The zero-order chi connectivity index (χ0) is 16.5. The van der Waals surface area contributed by atoms with Crippen molar-refractivity contribution >= 4 is 16.8 Å². The zero-order valence-electron chi connectivity index (χ0n) is 14.2. The molecular weight excluding hydrogens is 298 g/mol. The first-order valence-electron chi connectivity index (χ1n) is 8.55. The van der Waals surface area contributed by atoms with Gasteiger partial charge in [-0.15, -0.1) is 0 Å². The molecule has 0 radical (unpaired) electrons. The van der Waals surface area contributed by atoms with Gasteiger partial charge in [0.2, 0.25) is 0 Å². The van der Waals surface area contributed by atoms with E-state index in [0.29, 0.717) is 6.04 Å². The molecule has 1 aliphatic carbocycles. The molecule has 0 bridgehead atoms. The van der Waals surface area contributed by atoms with Gasteiger partial charge < -0.3 is 15.4 Å². The summed E-state index contributed by atoms with van der Waals surface area (Å²) in [7, 11) is 1.75. The van der Waals surface area contributed by atoms with Crippen LogP contribution < -0.4 is 15.4 Å². The summed E-state index contributed by atoms with van der Waals surface area (Å²) in [6.07, 6.45) is 5.92. The molecule has 1 aromatic heterocycles.